The first-order chi connectivity index (χ1) is 13.2. The Kier molecular flexibility index (Phi) is 7.55. The van der Waals surface area contributed by atoms with Crippen LogP contribution in [0.4, 0.5) is 0 Å². The second-order valence-electron chi connectivity index (χ2n) is 6.74. The van der Waals surface area contributed by atoms with Crippen LogP contribution in [0, 0.1) is 0 Å². The van der Waals surface area contributed by atoms with Gasteiger partial charge in [0, 0.05) is 21.2 Å². The molecule has 2 N–H and O–H groups in total. The third-order valence-electron chi connectivity index (χ3n) is 4.33. The Labute approximate surface area is 164 Å². The first-order valence-electron chi connectivity index (χ1n) is 9.33. The minimum atomic E-state index is -0.672. The van der Waals surface area contributed by atoms with Gasteiger partial charge in [-0.3, -0.25) is 10.4 Å². The normalized spacial score (nSPS) is 12.4. The fourth-order valence-electron chi connectivity index (χ4n) is 2.90. The van der Waals surface area contributed by atoms with Gasteiger partial charge >= 0.3 is 0 Å². The topological polar surface area (TPSA) is 27.3 Å². The molecule has 0 aliphatic rings. The van der Waals surface area contributed by atoms with E-state index in [0.29, 0.717) is 0 Å². The molecule has 3 nitrogen and oxygen atoms in total. The largest absolute Gasteiger partial charge is 0.308 e. The second kappa shape index (κ2) is 10.3. The number of nitrogens with zero attached hydrogens (tertiary/aromatic N) is 1. The SMILES string of the molecule is CN(C)CCNC(NP(c1ccccc1)c1ccccc1)c1ccccc1. The summed E-state index contributed by atoms with van der Waals surface area (Å²) in [4.78, 5) is 2.20. The molecule has 4 heteroatoms. The van der Waals surface area contributed by atoms with Crippen LogP contribution in [0.2, 0.25) is 0 Å². The van der Waals surface area contributed by atoms with E-state index >= 15 is 0 Å². The lowest BCUT2D eigenvalue weighted by Gasteiger charge is -2.28. The molecule has 1 atom stereocenters. The molecule has 3 aromatic rings. The molecule has 3 aromatic carbocycles. The smallest absolute Gasteiger partial charge is 0.0873 e. The van der Waals surface area contributed by atoms with Crippen molar-refractivity contribution in [1.82, 2.24) is 15.3 Å². The molecule has 140 valence electrons. The van der Waals surface area contributed by atoms with Crippen molar-refractivity contribution in [2.75, 3.05) is 27.2 Å². The number of hydrogen-bond donors (Lipinski definition) is 2. The van der Waals surface area contributed by atoms with Crippen LogP contribution < -0.4 is 21.0 Å². The molecule has 0 aliphatic carbocycles. The molecule has 0 aromatic heterocycles. The molecule has 0 heterocycles. The number of hydrogen-bond acceptors (Lipinski definition) is 3. The number of rotatable bonds is 9. The molecule has 0 bridgehead atoms. The molecule has 0 saturated heterocycles. The quantitative estimate of drug-likeness (QED) is 0.442. The van der Waals surface area contributed by atoms with E-state index in [9.17, 15) is 0 Å². The van der Waals surface area contributed by atoms with Crippen molar-refractivity contribution in [2.45, 2.75) is 6.17 Å². The lowest BCUT2D eigenvalue weighted by atomic mass is 10.2. The highest BCUT2D eigenvalue weighted by atomic mass is 31.1. The van der Waals surface area contributed by atoms with Gasteiger partial charge in [-0.05, 0) is 30.3 Å². The molecule has 0 saturated carbocycles. The van der Waals surface area contributed by atoms with Crippen molar-refractivity contribution < 1.29 is 0 Å². The molecule has 0 radical (unpaired) electrons. The summed E-state index contributed by atoms with van der Waals surface area (Å²) in [6.07, 6.45) is 0.0951. The first kappa shape index (κ1) is 19.7. The van der Waals surface area contributed by atoms with Gasteiger partial charge in [0.15, 0.2) is 0 Å². The number of benzene rings is 3. The fourth-order valence-corrected chi connectivity index (χ4v) is 4.93. The van der Waals surface area contributed by atoms with E-state index < -0.39 is 8.07 Å². The van der Waals surface area contributed by atoms with Gasteiger partial charge in [-0.2, -0.15) is 0 Å². The van der Waals surface area contributed by atoms with Crippen LogP contribution in [-0.2, 0) is 0 Å². The summed E-state index contributed by atoms with van der Waals surface area (Å²) in [6, 6.07) is 32.1. The molecular formula is C23H28N3P. The molecule has 0 amide bonds. The minimum absolute atomic E-state index is 0.0951. The van der Waals surface area contributed by atoms with Crippen molar-refractivity contribution in [1.29, 1.82) is 0 Å². The summed E-state index contributed by atoms with van der Waals surface area (Å²) < 4.78 is 0. The summed E-state index contributed by atoms with van der Waals surface area (Å²) in [7, 11) is 3.54. The fraction of sp³-hybridized carbons (Fsp3) is 0.217. The number of likely N-dealkylation sites (N-methyl/N-ethyl adjacent to an activating group) is 1. The van der Waals surface area contributed by atoms with Crippen LogP contribution >= 0.6 is 8.07 Å². The Morgan fingerprint density at radius 2 is 1.22 bits per heavy atom. The van der Waals surface area contributed by atoms with Crippen molar-refractivity contribution in [2.24, 2.45) is 0 Å². The van der Waals surface area contributed by atoms with Crippen molar-refractivity contribution in [3.63, 3.8) is 0 Å². The number of nitrogens with one attached hydrogen (secondary N) is 2. The van der Waals surface area contributed by atoms with Crippen molar-refractivity contribution in [3.8, 4) is 0 Å². The third kappa shape index (κ3) is 5.98. The van der Waals surface area contributed by atoms with E-state index in [4.69, 9.17) is 0 Å². The van der Waals surface area contributed by atoms with E-state index in [1.54, 1.807) is 0 Å². The van der Waals surface area contributed by atoms with Gasteiger partial charge in [0.1, 0.15) is 0 Å². The van der Waals surface area contributed by atoms with Gasteiger partial charge in [0.2, 0.25) is 0 Å². The van der Waals surface area contributed by atoms with Crippen LogP contribution in [0.15, 0.2) is 91.0 Å². The average Bonchev–Trinajstić information content (AvgIpc) is 2.72. The zero-order valence-corrected chi connectivity index (χ0v) is 16.9. The van der Waals surface area contributed by atoms with Gasteiger partial charge in [-0.25, -0.2) is 0 Å². The van der Waals surface area contributed by atoms with Gasteiger partial charge in [-0.1, -0.05) is 91.0 Å². The third-order valence-corrected chi connectivity index (χ3v) is 6.47. The molecular weight excluding hydrogens is 349 g/mol. The Balaban J connectivity index is 1.87. The van der Waals surface area contributed by atoms with E-state index in [2.05, 4.69) is 120 Å². The molecule has 0 spiro atoms. The van der Waals surface area contributed by atoms with Gasteiger partial charge in [-0.15, -0.1) is 0 Å². The first-order valence-corrected chi connectivity index (χ1v) is 10.7. The summed E-state index contributed by atoms with van der Waals surface area (Å²) in [5, 5.41) is 10.3. The summed E-state index contributed by atoms with van der Waals surface area (Å²) in [6.45, 7) is 1.92. The van der Waals surface area contributed by atoms with Crippen LogP contribution in [-0.4, -0.2) is 32.1 Å². The second-order valence-corrected chi connectivity index (χ2v) is 8.70. The molecule has 3 rings (SSSR count). The molecule has 1 unspecified atom stereocenters. The maximum absolute atomic E-state index is 3.91. The van der Waals surface area contributed by atoms with Crippen LogP contribution in [0.3, 0.4) is 0 Å². The maximum Gasteiger partial charge on any atom is 0.0873 e. The van der Waals surface area contributed by atoms with Crippen molar-refractivity contribution in [3.05, 3.63) is 96.6 Å². The minimum Gasteiger partial charge on any atom is -0.308 e. The predicted molar refractivity (Wildman–Crippen MR) is 118 cm³/mol. The average molecular weight is 377 g/mol. The van der Waals surface area contributed by atoms with Crippen molar-refractivity contribution >= 4 is 18.7 Å². The van der Waals surface area contributed by atoms with E-state index in [0.717, 1.165) is 13.1 Å². The van der Waals surface area contributed by atoms with Gasteiger partial charge < -0.3 is 4.90 Å². The summed E-state index contributed by atoms with van der Waals surface area (Å²) in [5.74, 6) is 0. The highest BCUT2D eigenvalue weighted by Crippen LogP contribution is 2.32. The highest BCUT2D eigenvalue weighted by molar-refractivity contribution is 7.71. The summed E-state index contributed by atoms with van der Waals surface area (Å²) >= 11 is 0. The standard InChI is InChI=1S/C23H28N3P/c1-26(2)19-18-24-23(20-12-6-3-7-13-20)25-27(21-14-8-4-9-15-21)22-16-10-5-11-17-22/h3-17,23-25H,18-19H2,1-2H3. The highest BCUT2D eigenvalue weighted by Gasteiger charge is 2.19. The Morgan fingerprint density at radius 3 is 1.70 bits per heavy atom. The lowest BCUT2D eigenvalue weighted by Crippen LogP contribution is -2.38. The van der Waals surface area contributed by atoms with E-state index in [1.165, 1.54) is 16.2 Å². The Hall–Kier alpha value is -2.03. The lowest BCUT2D eigenvalue weighted by molar-refractivity contribution is 0.381. The van der Waals surface area contributed by atoms with Crippen LogP contribution in [0.25, 0.3) is 0 Å². The molecule has 27 heavy (non-hydrogen) atoms. The maximum atomic E-state index is 3.91. The zero-order valence-electron chi connectivity index (χ0n) is 16.0. The van der Waals surface area contributed by atoms with E-state index in [-0.39, 0.29) is 6.17 Å². The van der Waals surface area contributed by atoms with Crippen LogP contribution in [0.1, 0.15) is 11.7 Å². The molecule has 0 aliphatic heterocycles. The Morgan fingerprint density at radius 1 is 0.741 bits per heavy atom. The molecule has 0 fully saturated rings. The van der Waals surface area contributed by atoms with E-state index in [1.807, 2.05) is 0 Å². The van der Waals surface area contributed by atoms with Gasteiger partial charge in [0.05, 0.1) is 6.17 Å². The predicted octanol–water partition coefficient (Wildman–Crippen LogP) is 3.47. The Bertz CT molecular complexity index is 739. The zero-order chi connectivity index (χ0) is 18.9. The van der Waals surface area contributed by atoms with Gasteiger partial charge in [0.25, 0.3) is 0 Å². The van der Waals surface area contributed by atoms with Crippen LogP contribution in [0.5, 0.6) is 0 Å². The summed E-state index contributed by atoms with van der Waals surface area (Å²) in [5.41, 5.74) is 1.26. The monoisotopic (exact) mass is 377 g/mol.